The van der Waals surface area contributed by atoms with Crippen molar-refractivity contribution >= 4 is 17.6 Å². The number of rotatable bonds is 3. The molecule has 7 nitrogen and oxygen atoms in total. The zero-order valence-electron chi connectivity index (χ0n) is 11.5. The Morgan fingerprint density at radius 1 is 1.24 bits per heavy atom. The smallest absolute Gasteiger partial charge is 0.360 e. The number of amides is 1. The van der Waals surface area contributed by atoms with E-state index in [-0.39, 0.29) is 11.4 Å². The van der Waals surface area contributed by atoms with Gasteiger partial charge in [0.1, 0.15) is 0 Å². The minimum Gasteiger partial charge on any atom is -0.464 e. The van der Waals surface area contributed by atoms with Crippen LogP contribution in [-0.2, 0) is 9.53 Å². The van der Waals surface area contributed by atoms with Crippen LogP contribution in [0.5, 0.6) is 0 Å². The second-order valence-electron chi connectivity index (χ2n) is 4.16. The minimum absolute atomic E-state index is 0.0199. The predicted molar refractivity (Wildman–Crippen MR) is 75.5 cm³/mol. The number of anilines is 1. The van der Waals surface area contributed by atoms with Crippen molar-refractivity contribution in [1.29, 1.82) is 0 Å². The second kappa shape index (κ2) is 6.00. The molecule has 0 aliphatic carbocycles. The van der Waals surface area contributed by atoms with Crippen LogP contribution in [0.3, 0.4) is 0 Å². The van der Waals surface area contributed by atoms with Gasteiger partial charge in [0.2, 0.25) is 5.91 Å². The molecule has 108 valence electrons. The van der Waals surface area contributed by atoms with Crippen molar-refractivity contribution in [2.45, 2.75) is 6.92 Å². The standard InChI is InChI=1S/C14H13N3O4/c1-9(18)15-11-8-12(19)17(10-6-4-3-5-7-10)16-13(11)14(20)21-2/h3-8H,1-2H3,(H,15,18). The molecular weight excluding hydrogens is 274 g/mol. The molecule has 2 aromatic rings. The molecule has 1 aromatic heterocycles. The molecule has 2 rings (SSSR count). The Kier molecular flexibility index (Phi) is 4.13. The van der Waals surface area contributed by atoms with Crippen LogP contribution in [0.4, 0.5) is 5.69 Å². The molecule has 21 heavy (non-hydrogen) atoms. The van der Waals surface area contributed by atoms with Gasteiger partial charge in [-0.25, -0.2) is 4.79 Å². The first-order valence-corrected chi connectivity index (χ1v) is 6.08. The molecule has 0 spiro atoms. The van der Waals surface area contributed by atoms with E-state index in [0.29, 0.717) is 5.69 Å². The molecule has 0 aliphatic rings. The van der Waals surface area contributed by atoms with Crippen LogP contribution < -0.4 is 10.9 Å². The zero-order chi connectivity index (χ0) is 15.4. The lowest BCUT2D eigenvalue weighted by molar-refractivity contribution is -0.114. The van der Waals surface area contributed by atoms with Crippen molar-refractivity contribution in [3.8, 4) is 5.69 Å². The van der Waals surface area contributed by atoms with Crippen molar-refractivity contribution in [2.24, 2.45) is 0 Å². The van der Waals surface area contributed by atoms with E-state index in [1.165, 1.54) is 14.0 Å². The SMILES string of the molecule is COC(=O)c1nn(-c2ccccc2)c(=O)cc1NC(C)=O. The number of carbonyl (C=O) groups is 2. The third-order valence-corrected chi connectivity index (χ3v) is 2.62. The number of benzene rings is 1. The maximum absolute atomic E-state index is 12.1. The molecule has 7 heteroatoms. The summed E-state index contributed by atoms with van der Waals surface area (Å²) in [7, 11) is 1.19. The maximum Gasteiger partial charge on any atom is 0.360 e. The van der Waals surface area contributed by atoms with Crippen molar-refractivity contribution in [3.63, 3.8) is 0 Å². The first-order valence-electron chi connectivity index (χ1n) is 6.08. The van der Waals surface area contributed by atoms with Gasteiger partial charge in [0.25, 0.3) is 5.56 Å². The number of para-hydroxylation sites is 1. The third-order valence-electron chi connectivity index (χ3n) is 2.62. The monoisotopic (exact) mass is 287 g/mol. The summed E-state index contributed by atoms with van der Waals surface area (Å²) in [6.07, 6.45) is 0. The van der Waals surface area contributed by atoms with E-state index in [2.05, 4.69) is 15.2 Å². The van der Waals surface area contributed by atoms with Gasteiger partial charge in [-0.1, -0.05) is 18.2 Å². The van der Waals surface area contributed by atoms with E-state index in [1.54, 1.807) is 30.3 Å². The van der Waals surface area contributed by atoms with Gasteiger partial charge in [-0.05, 0) is 12.1 Å². The molecule has 1 aromatic carbocycles. The van der Waals surface area contributed by atoms with Crippen LogP contribution in [0, 0.1) is 0 Å². The highest BCUT2D eigenvalue weighted by Crippen LogP contribution is 2.13. The summed E-state index contributed by atoms with van der Waals surface area (Å²) in [5.41, 5.74) is -0.0951. The topological polar surface area (TPSA) is 90.3 Å². The Bertz CT molecular complexity index is 738. The van der Waals surface area contributed by atoms with Crippen LogP contribution in [0.25, 0.3) is 5.69 Å². The van der Waals surface area contributed by atoms with Crippen molar-refractivity contribution < 1.29 is 14.3 Å². The molecule has 0 unspecified atom stereocenters. The highest BCUT2D eigenvalue weighted by atomic mass is 16.5. The summed E-state index contributed by atoms with van der Waals surface area (Å²) in [4.78, 5) is 35.0. The molecule has 0 saturated heterocycles. The number of carbonyl (C=O) groups excluding carboxylic acids is 2. The normalized spacial score (nSPS) is 10.0. The van der Waals surface area contributed by atoms with Gasteiger partial charge in [-0.2, -0.15) is 9.78 Å². The van der Waals surface area contributed by atoms with Gasteiger partial charge in [-0.15, -0.1) is 0 Å². The highest BCUT2D eigenvalue weighted by Gasteiger charge is 2.18. The van der Waals surface area contributed by atoms with Gasteiger partial charge in [0, 0.05) is 13.0 Å². The van der Waals surface area contributed by atoms with Crippen molar-refractivity contribution in [2.75, 3.05) is 12.4 Å². The zero-order valence-corrected chi connectivity index (χ0v) is 11.5. The van der Waals surface area contributed by atoms with Crippen LogP contribution in [-0.4, -0.2) is 28.8 Å². The van der Waals surface area contributed by atoms with Gasteiger partial charge in [0.05, 0.1) is 18.5 Å². The van der Waals surface area contributed by atoms with Crippen LogP contribution >= 0.6 is 0 Å². The van der Waals surface area contributed by atoms with Crippen molar-refractivity contribution in [3.05, 3.63) is 52.4 Å². The molecule has 1 heterocycles. The summed E-state index contributed by atoms with van der Waals surface area (Å²) >= 11 is 0. The van der Waals surface area contributed by atoms with E-state index >= 15 is 0 Å². The fourth-order valence-corrected chi connectivity index (χ4v) is 1.74. The van der Waals surface area contributed by atoms with Crippen molar-refractivity contribution in [1.82, 2.24) is 9.78 Å². The molecule has 1 N–H and O–H groups in total. The lowest BCUT2D eigenvalue weighted by Gasteiger charge is -2.10. The van der Waals surface area contributed by atoms with Crippen LogP contribution in [0.15, 0.2) is 41.2 Å². The molecular formula is C14H13N3O4. The predicted octanol–water partition coefficient (Wildman–Crippen LogP) is 0.977. The number of methoxy groups -OCH3 is 1. The number of nitrogens with zero attached hydrogens (tertiary/aromatic N) is 2. The molecule has 0 bridgehead atoms. The highest BCUT2D eigenvalue weighted by molar-refractivity contribution is 5.98. The average molecular weight is 287 g/mol. The van der Waals surface area contributed by atoms with Gasteiger partial charge in [-0.3, -0.25) is 9.59 Å². The number of esters is 1. The fraction of sp³-hybridized carbons (Fsp3) is 0.143. The number of hydrogen-bond acceptors (Lipinski definition) is 5. The van der Waals surface area contributed by atoms with E-state index in [4.69, 9.17) is 0 Å². The number of aromatic nitrogens is 2. The van der Waals surface area contributed by atoms with Gasteiger partial charge in [0.15, 0.2) is 5.69 Å². The Morgan fingerprint density at radius 2 is 1.90 bits per heavy atom. The Balaban J connectivity index is 2.62. The summed E-state index contributed by atoms with van der Waals surface area (Å²) in [5, 5.41) is 6.37. The summed E-state index contributed by atoms with van der Waals surface area (Å²) in [6.45, 7) is 1.27. The van der Waals surface area contributed by atoms with Gasteiger partial charge >= 0.3 is 5.97 Å². The number of hydrogen-bond donors (Lipinski definition) is 1. The molecule has 0 aliphatic heterocycles. The van der Waals surface area contributed by atoms with E-state index in [1.807, 2.05) is 0 Å². The fourth-order valence-electron chi connectivity index (χ4n) is 1.74. The summed E-state index contributed by atoms with van der Waals surface area (Å²) in [6, 6.07) is 9.75. The van der Waals surface area contributed by atoms with E-state index in [0.717, 1.165) is 10.7 Å². The van der Waals surface area contributed by atoms with E-state index in [9.17, 15) is 14.4 Å². The van der Waals surface area contributed by atoms with Gasteiger partial charge < -0.3 is 10.1 Å². The molecule has 0 radical (unpaired) electrons. The largest absolute Gasteiger partial charge is 0.464 e. The van der Waals surface area contributed by atoms with Crippen LogP contribution in [0.1, 0.15) is 17.4 Å². The molecule has 0 atom stereocenters. The average Bonchev–Trinajstić information content (AvgIpc) is 2.47. The third kappa shape index (κ3) is 3.14. The quantitative estimate of drug-likeness (QED) is 0.850. The maximum atomic E-state index is 12.1. The lowest BCUT2D eigenvalue weighted by atomic mass is 10.3. The second-order valence-corrected chi connectivity index (χ2v) is 4.16. The number of ether oxygens (including phenoxy) is 1. The Labute approximate surface area is 120 Å². The lowest BCUT2D eigenvalue weighted by Crippen LogP contribution is -2.26. The minimum atomic E-state index is -0.747. The Morgan fingerprint density at radius 3 is 2.48 bits per heavy atom. The summed E-state index contributed by atoms with van der Waals surface area (Å²) in [5.74, 6) is -1.16. The summed E-state index contributed by atoms with van der Waals surface area (Å²) < 4.78 is 5.69. The molecule has 0 saturated carbocycles. The molecule has 0 fully saturated rings. The first kappa shape index (κ1) is 14.4. The Hall–Kier alpha value is -2.96. The van der Waals surface area contributed by atoms with E-state index < -0.39 is 17.4 Å². The number of nitrogens with one attached hydrogen (secondary N) is 1. The molecule has 1 amide bonds. The first-order chi connectivity index (χ1) is 10.0. The van der Waals surface area contributed by atoms with Crippen LogP contribution in [0.2, 0.25) is 0 Å².